The van der Waals surface area contributed by atoms with E-state index in [1.54, 1.807) is 0 Å². The van der Waals surface area contributed by atoms with Gasteiger partial charge in [-0.15, -0.1) is 6.58 Å². The lowest BCUT2D eigenvalue weighted by Crippen LogP contribution is -2.22. The Bertz CT molecular complexity index is 998. The van der Waals surface area contributed by atoms with Crippen molar-refractivity contribution in [3.8, 4) is 11.1 Å². The molecule has 212 valence electrons. The van der Waals surface area contributed by atoms with Gasteiger partial charge in [-0.1, -0.05) is 66.3 Å². The predicted octanol–water partition coefficient (Wildman–Crippen LogP) is 11.0. The molecule has 2 fully saturated rings. The summed E-state index contributed by atoms with van der Waals surface area (Å²) in [5.41, 5.74) is 7.02. The van der Waals surface area contributed by atoms with E-state index in [0.29, 0.717) is 18.4 Å². The van der Waals surface area contributed by atoms with Crippen LogP contribution in [0, 0.1) is 17.8 Å². The molecule has 0 aliphatic heterocycles. The Morgan fingerprint density at radius 2 is 1.36 bits per heavy atom. The van der Waals surface area contributed by atoms with Gasteiger partial charge in [-0.2, -0.15) is 0 Å². The molecule has 0 spiro atoms. The van der Waals surface area contributed by atoms with E-state index in [-0.39, 0.29) is 0 Å². The summed E-state index contributed by atoms with van der Waals surface area (Å²) in [7, 11) is 0. The zero-order chi connectivity index (χ0) is 27.5. The second-order valence-electron chi connectivity index (χ2n) is 12.8. The van der Waals surface area contributed by atoms with Crippen molar-refractivity contribution in [1.82, 2.24) is 0 Å². The smallest absolute Gasteiger partial charge is 0.0433 e. The van der Waals surface area contributed by atoms with Crippen LogP contribution >= 0.6 is 0 Å². The molecule has 2 saturated carbocycles. The van der Waals surface area contributed by atoms with E-state index in [4.69, 9.17) is 0 Å². The molecule has 0 bridgehead atoms. The molecule has 4 rings (SSSR count). The molecular weight excluding hydrogens is 472 g/mol. The van der Waals surface area contributed by atoms with Crippen molar-refractivity contribution < 1.29 is 5.11 Å². The van der Waals surface area contributed by atoms with Crippen LogP contribution in [0.25, 0.3) is 11.1 Å². The highest BCUT2D eigenvalue weighted by Crippen LogP contribution is 2.42. The molecule has 2 aromatic carbocycles. The van der Waals surface area contributed by atoms with E-state index in [9.17, 15) is 5.11 Å². The molecule has 2 aliphatic rings. The molecule has 0 heterocycles. The van der Waals surface area contributed by atoms with Crippen LogP contribution in [0.1, 0.15) is 127 Å². The van der Waals surface area contributed by atoms with Crippen molar-refractivity contribution in [2.45, 2.75) is 116 Å². The maximum atomic E-state index is 9.63. The van der Waals surface area contributed by atoms with Gasteiger partial charge < -0.3 is 5.11 Å². The SMILES string of the molecule is C=C(C)CCCC(CCO)C1CCC(c2ccc(-c3ccc(C4CCC(CC/C=C/C)CC4)cc3)cc2)CC1. The van der Waals surface area contributed by atoms with Crippen molar-refractivity contribution in [2.24, 2.45) is 17.8 Å². The van der Waals surface area contributed by atoms with Crippen LogP contribution in [0.3, 0.4) is 0 Å². The Morgan fingerprint density at radius 1 is 0.821 bits per heavy atom. The van der Waals surface area contributed by atoms with Gasteiger partial charge >= 0.3 is 0 Å². The molecule has 0 radical (unpaired) electrons. The van der Waals surface area contributed by atoms with Crippen LogP contribution in [0.15, 0.2) is 72.8 Å². The van der Waals surface area contributed by atoms with Crippen LogP contribution in [-0.4, -0.2) is 11.7 Å². The first-order chi connectivity index (χ1) is 19.1. The first kappa shape index (κ1) is 29.9. The minimum Gasteiger partial charge on any atom is -0.396 e. The zero-order valence-corrected chi connectivity index (χ0v) is 24.9. The second kappa shape index (κ2) is 15.6. The Kier molecular flexibility index (Phi) is 11.9. The van der Waals surface area contributed by atoms with E-state index in [0.717, 1.165) is 30.6 Å². The largest absolute Gasteiger partial charge is 0.396 e. The van der Waals surface area contributed by atoms with Crippen LogP contribution in [0.2, 0.25) is 0 Å². The van der Waals surface area contributed by atoms with Crippen LogP contribution in [-0.2, 0) is 0 Å². The fourth-order valence-corrected chi connectivity index (χ4v) is 7.55. The van der Waals surface area contributed by atoms with Gasteiger partial charge in [0.2, 0.25) is 0 Å². The lowest BCUT2D eigenvalue weighted by Gasteiger charge is -2.34. The molecule has 0 aromatic heterocycles. The number of benzene rings is 2. The van der Waals surface area contributed by atoms with E-state index in [1.165, 1.54) is 105 Å². The standard InChI is InChI=1S/C38H54O/c1-4-5-6-9-30-11-13-32(14-12-30)34-19-21-36(22-20-34)38-25-23-37(24-26-38)35-17-15-33(16-18-35)31(27-28-39)10-7-8-29(2)3/h4-5,19-26,30-33,35,39H,2,6-18,27-28H2,1,3H3/b5-4+. The summed E-state index contributed by atoms with van der Waals surface area (Å²) in [5, 5.41) is 9.63. The maximum Gasteiger partial charge on any atom is 0.0433 e. The number of hydrogen-bond acceptors (Lipinski definition) is 1. The highest BCUT2D eigenvalue weighted by molar-refractivity contribution is 5.64. The average Bonchev–Trinajstić information content (AvgIpc) is 2.97. The Hall–Kier alpha value is -2.12. The normalized spacial score (nSPS) is 24.6. The topological polar surface area (TPSA) is 20.2 Å². The number of allylic oxidation sites excluding steroid dienone is 3. The summed E-state index contributed by atoms with van der Waals surface area (Å²) in [6.07, 6.45) is 22.4. The molecule has 1 atom stereocenters. The summed E-state index contributed by atoms with van der Waals surface area (Å²) in [6.45, 7) is 8.66. The third-order valence-electron chi connectivity index (χ3n) is 10.0. The van der Waals surface area contributed by atoms with E-state index in [1.807, 2.05) is 0 Å². The molecule has 1 unspecified atom stereocenters. The minimum atomic E-state index is 0.332. The number of rotatable bonds is 13. The van der Waals surface area contributed by atoms with E-state index >= 15 is 0 Å². The van der Waals surface area contributed by atoms with E-state index in [2.05, 4.69) is 81.1 Å². The van der Waals surface area contributed by atoms with Crippen LogP contribution in [0.4, 0.5) is 0 Å². The van der Waals surface area contributed by atoms with Gasteiger partial charge in [0, 0.05) is 6.61 Å². The van der Waals surface area contributed by atoms with Crippen molar-refractivity contribution in [3.63, 3.8) is 0 Å². The summed E-state index contributed by atoms with van der Waals surface area (Å²) in [4.78, 5) is 0. The molecule has 39 heavy (non-hydrogen) atoms. The molecule has 0 amide bonds. The monoisotopic (exact) mass is 526 g/mol. The highest BCUT2D eigenvalue weighted by atomic mass is 16.3. The fourth-order valence-electron chi connectivity index (χ4n) is 7.55. The quantitative estimate of drug-likeness (QED) is 0.257. The van der Waals surface area contributed by atoms with E-state index < -0.39 is 0 Å². The summed E-state index contributed by atoms with van der Waals surface area (Å²) in [5.74, 6) is 3.83. The second-order valence-corrected chi connectivity index (χ2v) is 12.8. The first-order valence-corrected chi connectivity index (χ1v) is 16.1. The summed E-state index contributed by atoms with van der Waals surface area (Å²) < 4.78 is 0. The third kappa shape index (κ3) is 8.94. The molecule has 1 heteroatoms. The van der Waals surface area contributed by atoms with Gasteiger partial charge in [0.25, 0.3) is 0 Å². The number of hydrogen-bond donors (Lipinski definition) is 1. The van der Waals surface area contributed by atoms with Gasteiger partial charge in [-0.25, -0.2) is 0 Å². The van der Waals surface area contributed by atoms with Crippen molar-refractivity contribution in [2.75, 3.05) is 6.61 Å². The van der Waals surface area contributed by atoms with Gasteiger partial charge in [-0.3, -0.25) is 0 Å². The molecule has 2 aliphatic carbocycles. The maximum absolute atomic E-state index is 9.63. The fraction of sp³-hybridized carbons (Fsp3) is 0.579. The summed E-state index contributed by atoms with van der Waals surface area (Å²) in [6, 6.07) is 19.0. The Morgan fingerprint density at radius 3 is 1.85 bits per heavy atom. The average molecular weight is 527 g/mol. The van der Waals surface area contributed by atoms with Gasteiger partial charge in [0.05, 0.1) is 0 Å². The molecule has 1 nitrogen and oxygen atoms in total. The van der Waals surface area contributed by atoms with Gasteiger partial charge in [0.15, 0.2) is 0 Å². The number of aliphatic hydroxyl groups excluding tert-OH is 1. The van der Waals surface area contributed by atoms with Crippen molar-refractivity contribution >= 4 is 0 Å². The Balaban J connectivity index is 1.26. The predicted molar refractivity (Wildman–Crippen MR) is 169 cm³/mol. The van der Waals surface area contributed by atoms with Gasteiger partial charge in [-0.05, 0) is 156 Å². The van der Waals surface area contributed by atoms with Crippen molar-refractivity contribution in [3.05, 3.63) is 84.0 Å². The van der Waals surface area contributed by atoms with Crippen molar-refractivity contribution in [1.29, 1.82) is 0 Å². The molecule has 0 saturated heterocycles. The molecule has 2 aromatic rings. The lowest BCUT2D eigenvalue weighted by atomic mass is 9.71. The molecule has 1 N–H and O–H groups in total. The van der Waals surface area contributed by atoms with Crippen LogP contribution in [0.5, 0.6) is 0 Å². The minimum absolute atomic E-state index is 0.332. The lowest BCUT2D eigenvalue weighted by molar-refractivity contribution is 0.170. The molecular formula is C38H54O. The Labute approximate surface area is 239 Å². The van der Waals surface area contributed by atoms with Gasteiger partial charge in [0.1, 0.15) is 0 Å². The first-order valence-electron chi connectivity index (χ1n) is 16.1. The third-order valence-corrected chi connectivity index (χ3v) is 10.0. The zero-order valence-electron chi connectivity index (χ0n) is 24.9. The van der Waals surface area contributed by atoms with Crippen LogP contribution < -0.4 is 0 Å². The number of aliphatic hydroxyl groups is 1. The highest BCUT2D eigenvalue weighted by Gasteiger charge is 2.28. The summed E-state index contributed by atoms with van der Waals surface area (Å²) >= 11 is 0.